The van der Waals surface area contributed by atoms with Crippen LogP contribution in [-0.2, 0) is 0 Å². The maximum atomic E-state index is 11.6. The van der Waals surface area contributed by atoms with Gasteiger partial charge in [0.05, 0.1) is 4.92 Å². The molecule has 104 valence electrons. The first-order chi connectivity index (χ1) is 9.38. The van der Waals surface area contributed by atoms with Crippen LogP contribution >= 0.6 is 11.8 Å². The largest absolute Gasteiger partial charge is 0.348 e. The van der Waals surface area contributed by atoms with Gasteiger partial charge >= 0.3 is 11.2 Å². The number of rotatable bonds is 3. The Bertz CT molecular complexity index is 722. The summed E-state index contributed by atoms with van der Waals surface area (Å²) in [6.07, 6.45) is 1.44. The van der Waals surface area contributed by atoms with Crippen molar-refractivity contribution in [2.24, 2.45) is 0 Å². The smallest absolute Gasteiger partial charge is 0.323 e. The fourth-order valence-electron chi connectivity index (χ4n) is 1.72. The number of hydrogen-bond acceptors (Lipinski definition) is 6. The molecule has 8 heteroatoms. The van der Waals surface area contributed by atoms with E-state index in [-0.39, 0.29) is 4.90 Å². The van der Waals surface area contributed by atoms with E-state index in [1.165, 1.54) is 6.20 Å². The molecule has 0 aromatic carbocycles. The van der Waals surface area contributed by atoms with Gasteiger partial charge in [-0.05, 0) is 44.2 Å². The highest BCUT2D eigenvalue weighted by Gasteiger charge is 2.23. The molecule has 1 N–H and O–H groups in total. The number of nitrogens with zero attached hydrogens (tertiary/aromatic N) is 3. The summed E-state index contributed by atoms with van der Waals surface area (Å²) in [5.41, 5.74) is 0.935. The molecule has 0 saturated heterocycles. The first-order valence-corrected chi connectivity index (χ1v) is 6.57. The molecule has 0 spiro atoms. The van der Waals surface area contributed by atoms with Crippen molar-refractivity contribution in [3.63, 3.8) is 0 Å². The van der Waals surface area contributed by atoms with E-state index in [1.54, 1.807) is 6.92 Å². The molecule has 0 atom stereocenters. The van der Waals surface area contributed by atoms with Crippen LogP contribution in [0.2, 0.25) is 0 Å². The highest BCUT2D eigenvalue weighted by atomic mass is 32.2. The summed E-state index contributed by atoms with van der Waals surface area (Å²) in [5, 5.41) is 11.4. The van der Waals surface area contributed by atoms with Gasteiger partial charge in [-0.15, -0.1) is 0 Å². The van der Waals surface area contributed by atoms with E-state index in [0.717, 1.165) is 23.1 Å². The Morgan fingerprint density at radius 1 is 1.25 bits per heavy atom. The van der Waals surface area contributed by atoms with E-state index in [0.29, 0.717) is 10.7 Å². The molecule has 2 aromatic rings. The van der Waals surface area contributed by atoms with E-state index >= 15 is 0 Å². The van der Waals surface area contributed by atoms with Crippen LogP contribution in [0, 0.1) is 30.9 Å². The van der Waals surface area contributed by atoms with Crippen LogP contribution < -0.4 is 5.56 Å². The Morgan fingerprint density at radius 3 is 2.40 bits per heavy atom. The highest BCUT2D eigenvalue weighted by Crippen LogP contribution is 2.33. The van der Waals surface area contributed by atoms with E-state index in [4.69, 9.17) is 0 Å². The molecular weight excluding hydrogens is 280 g/mol. The molecule has 0 amide bonds. The minimum Gasteiger partial charge on any atom is -0.323 e. The van der Waals surface area contributed by atoms with Crippen molar-refractivity contribution in [2.75, 3.05) is 0 Å². The number of nitrogens with one attached hydrogen (secondary N) is 1. The van der Waals surface area contributed by atoms with E-state index in [9.17, 15) is 14.9 Å². The van der Waals surface area contributed by atoms with Gasteiger partial charge in [-0.25, -0.2) is 9.97 Å². The third-order valence-corrected chi connectivity index (χ3v) is 3.63. The number of aromatic nitrogens is 3. The number of H-pyrrole nitrogens is 1. The number of aromatic amines is 1. The second-order valence-corrected chi connectivity index (χ2v) is 5.25. The molecule has 0 unspecified atom stereocenters. The summed E-state index contributed by atoms with van der Waals surface area (Å²) in [4.78, 5) is 33.0. The average Bonchev–Trinajstić information content (AvgIpc) is 2.32. The molecule has 0 aliphatic carbocycles. The molecule has 0 fully saturated rings. The molecule has 2 heterocycles. The molecule has 0 radical (unpaired) electrons. The van der Waals surface area contributed by atoms with Crippen molar-refractivity contribution in [2.45, 2.75) is 30.8 Å². The highest BCUT2D eigenvalue weighted by molar-refractivity contribution is 7.99. The van der Waals surface area contributed by atoms with Gasteiger partial charge in [0.25, 0.3) is 0 Å². The van der Waals surface area contributed by atoms with E-state index in [1.807, 2.05) is 19.9 Å². The number of nitro groups is 1. The van der Waals surface area contributed by atoms with Gasteiger partial charge in [-0.3, -0.25) is 14.9 Å². The summed E-state index contributed by atoms with van der Waals surface area (Å²) >= 11 is 1.03. The summed E-state index contributed by atoms with van der Waals surface area (Å²) in [6, 6.07) is 1.81. The Kier molecular flexibility index (Phi) is 3.84. The van der Waals surface area contributed by atoms with Crippen molar-refractivity contribution in [3.8, 4) is 0 Å². The maximum Gasteiger partial charge on any atom is 0.348 e. The zero-order valence-electron chi connectivity index (χ0n) is 11.1. The van der Waals surface area contributed by atoms with Crippen LogP contribution in [0.1, 0.15) is 17.0 Å². The van der Waals surface area contributed by atoms with Gasteiger partial charge in [-0.1, -0.05) is 0 Å². The topological polar surface area (TPSA) is 102 Å². The Hall–Kier alpha value is -2.22. The zero-order chi connectivity index (χ0) is 14.9. The van der Waals surface area contributed by atoms with Crippen LogP contribution in [-0.4, -0.2) is 19.9 Å². The standard InChI is InChI=1S/C12H12N4O3S/c1-6-5-13-11(17)9(16(18)19)10(6)20-12-14-7(2)4-8(3)15-12/h4-5H,1-3H3,(H,13,17). The molecular formula is C12H12N4O3S. The normalized spacial score (nSPS) is 10.6. The summed E-state index contributed by atoms with van der Waals surface area (Å²) in [6.45, 7) is 5.32. The lowest BCUT2D eigenvalue weighted by atomic mass is 10.3. The first kappa shape index (κ1) is 14.2. The fraction of sp³-hybridized carbons (Fsp3) is 0.250. The predicted molar refractivity (Wildman–Crippen MR) is 74.1 cm³/mol. The molecule has 0 aliphatic heterocycles. The van der Waals surface area contributed by atoms with Crippen LogP contribution in [0.5, 0.6) is 0 Å². The van der Waals surface area contributed by atoms with Crippen molar-refractivity contribution in [3.05, 3.63) is 49.7 Å². The maximum absolute atomic E-state index is 11.6. The lowest BCUT2D eigenvalue weighted by Gasteiger charge is -2.06. The van der Waals surface area contributed by atoms with E-state index in [2.05, 4.69) is 15.0 Å². The number of hydrogen-bond donors (Lipinski definition) is 1. The summed E-state index contributed by atoms with van der Waals surface area (Å²) in [5.74, 6) is 0. The molecule has 2 rings (SSSR count). The molecule has 0 aliphatic rings. The quantitative estimate of drug-likeness (QED) is 0.528. The van der Waals surface area contributed by atoms with Gasteiger partial charge in [0.15, 0.2) is 5.16 Å². The average molecular weight is 292 g/mol. The number of pyridine rings is 1. The van der Waals surface area contributed by atoms with Gasteiger partial charge in [-0.2, -0.15) is 0 Å². The second-order valence-electron chi connectivity index (χ2n) is 4.27. The molecule has 2 aromatic heterocycles. The predicted octanol–water partition coefficient (Wildman–Crippen LogP) is 2.15. The Balaban J connectivity index is 2.56. The SMILES string of the molecule is Cc1cc(C)nc(Sc2c(C)c[nH]c(=O)c2[N+](=O)[O-])n1. The number of aryl methyl sites for hydroxylation is 3. The monoisotopic (exact) mass is 292 g/mol. The molecule has 0 bridgehead atoms. The van der Waals surface area contributed by atoms with E-state index < -0.39 is 16.2 Å². The van der Waals surface area contributed by atoms with Crippen molar-refractivity contribution in [1.29, 1.82) is 0 Å². The molecule has 7 nitrogen and oxygen atoms in total. The van der Waals surface area contributed by atoms with Crippen molar-refractivity contribution >= 4 is 17.4 Å². The third kappa shape index (κ3) is 2.85. The lowest BCUT2D eigenvalue weighted by Crippen LogP contribution is -2.13. The first-order valence-electron chi connectivity index (χ1n) is 5.75. The van der Waals surface area contributed by atoms with Crippen LogP contribution in [0.25, 0.3) is 0 Å². The molecule has 20 heavy (non-hydrogen) atoms. The van der Waals surface area contributed by atoms with Crippen molar-refractivity contribution in [1.82, 2.24) is 15.0 Å². The van der Waals surface area contributed by atoms with Crippen LogP contribution in [0.3, 0.4) is 0 Å². The van der Waals surface area contributed by atoms with Gasteiger partial charge in [0.1, 0.15) is 4.90 Å². The second kappa shape index (κ2) is 5.41. The van der Waals surface area contributed by atoms with Gasteiger partial charge < -0.3 is 4.98 Å². The molecule has 0 saturated carbocycles. The summed E-state index contributed by atoms with van der Waals surface area (Å²) < 4.78 is 0. The van der Waals surface area contributed by atoms with Crippen LogP contribution in [0.4, 0.5) is 5.69 Å². The fourth-order valence-corrected chi connectivity index (χ4v) is 2.77. The van der Waals surface area contributed by atoms with Crippen molar-refractivity contribution < 1.29 is 4.92 Å². The summed E-state index contributed by atoms with van der Waals surface area (Å²) in [7, 11) is 0. The Morgan fingerprint density at radius 2 is 1.85 bits per heavy atom. The van der Waals surface area contributed by atoms with Gasteiger partial charge in [0, 0.05) is 17.6 Å². The Labute approximate surface area is 118 Å². The zero-order valence-corrected chi connectivity index (χ0v) is 11.9. The minimum absolute atomic E-state index is 0.267. The van der Waals surface area contributed by atoms with Crippen LogP contribution in [0.15, 0.2) is 27.1 Å². The third-order valence-electron chi connectivity index (χ3n) is 2.55. The van der Waals surface area contributed by atoms with Gasteiger partial charge in [0.2, 0.25) is 0 Å². The minimum atomic E-state index is -0.729. The lowest BCUT2D eigenvalue weighted by molar-refractivity contribution is -0.389.